The normalized spacial score (nSPS) is 14.3. The van der Waals surface area contributed by atoms with Gasteiger partial charge < -0.3 is 9.88 Å². The number of carbonyl (C=O) groups is 2. The first-order chi connectivity index (χ1) is 10.6. The van der Waals surface area contributed by atoms with Gasteiger partial charge in [0.25, 0.3) is 0 Å². The first kappa shape index (κ1) is 16.5. The molecule has 1 aliphatic carbocycles. The van der Waals surface area contributed by atoms with Crippen LogP contribution >= 0.6 is 11.8 Å². The summed E-state index contributed by atoms with van der Waals surface area (Å²) < 4.78 is 1.72. The minimum atomic E-state index is -0.444. The van der Waals surface area contributed by atoms with Crippen molar-refractivity contribution < 1.29 is 9.59 Å². The molecule has 0 bridgehead atoms. The summed E-state index contributed by atoms with van der Waals surface area (Å²) >= 11 is 1.24. The van der Waals surface area contributed by atoms with E-state index in [4.69, 9.17) is 0 Å². The Morgan fingerprint density at radius 3 is 2.95 bits per heavy atom. The predicted molar refractivity (Wildman–Crippen MR) is 84.4 cm³/mol. The van der Waals surface area contributed by atoms with E-state index >= 15 is 0 Å². The maximum atomic E-state index is 11.7. The number of thioether (sulfide) groups is 1. The van der Waals surface area contributed by atoms with Gasteiger partial charge in [-0.3, -0.25) is 10.1 Å². The summed E-state index contributed by atoms with van der Waals surface area (Å²) in [6.07, 6.45) is 9.43. The molecule has 1 aromatic heterocycles. The van der Waals surface area contributed by atoms with Crippen LogP contribution in [-0.4, -0.2) is 39.0 Å². The molecule has 0 fully saturated rings. The standard InChI is InChI=1S/C14H21N5O2S/c1-19-10-16-18-14(19)22-9-12(20)17-13(21)15-8-7-11-5-3-2-4-6-11/h5,10H,2-4,6-9H2,1H3,(H2,15,17,20,21). The van der Waals surface area contributed by atoms with Gasteiger partial charge >= 0.3 is 6.03 Å². The first-order valence-corrected chi connectivity index (χ1v) is 8.36. The van der Waals surface area contributed by atoms with Crippen LogP contribution in [0, 0.1) is 0 Å². The number of allylic oxidation sites excluding steroid dienone is 1. The number of nitrogens with one attached hydrogen (secondary N) is 2. The minimum absolute atomic E-state index is 0.130. The summed E-state index contributed by atoms with van der Waals surface area (Å²) in [6, 6.07) is -0.444. The molecule has 2 rings (SSSR count). The molecule has 0 spiro atoms. The number of aromatic nitrogens is 3. The third kappa shape index (κ3) is 5.51. The van der Waals surface area contributed by atoms with Gasteiger partial charge in [-0.2, -0.15) is 0 Å². The van der Waals surface area contributed by atoms with Crippen LogP contribution in [0.3, 0.4) is 0 Å². The molecule has 3 amide bonds. The van der Waals surface area contributed by atoms with Crippen LogP contribution in [-0.2, 0) is 11.8 Å². The smallest absolute Gasteiger partial charge is 0.321 e. The van der Waals surface area contributed by atoms with E-state index < -0.39 is 6.03 Å². The lowest BCUT2D eigenvalue weighted by molar-refractivity contribution is -0.117. The molecular weight excluding hydrogens is 302 g/mol. The van der Waals surface area contributed by atoms with E-state index in [1.807, 2.05) is 0 Å². The second-order valence-electron chi connectivity index (χ2n) is 5.18. The Labute approximate surface area is 133 Å². The van der Waals surface area contributed by atoms with E-state index in [9.17, 15) is 9.59 Å². The van der Waals surface area contributed by atoms with Crippen molar-refractivity contribution >= 4 is 23.7 Å². The van der Waals surface area contributed by atoms with E-state index in [1.165, 1.54) is 30.2 Å². The van der Waals surface area contributed by atoms with Crippen molar-refractivity contribution in [1.82, 2.24) is 25.4 Å². The topological polar surface area (TPSA) is 88.9 Å². The second-order valence-corrected chi connectivity index (χ2v) is 6.12. The van der Waals surface area contributed by atoms with Crippen LogP contribution in [0.5, 0.6) is 0 Å². The molecule has 0 unspecified atom stereocenters. The number of imide groups is 1. The Hall–Kier alpha value is -1.83. The summed E-state index contributed by atoms with van der Waals surface area (Å²) in [5, 5.41) is 13.2. The zero-order valence-electron chi connectivity index (χ0n) is 12.7. The van der Waals surface area contributed by atoms with Crippen LogP contribution in [0.2, 0.25) is 0 Å². The highest BCUT2D eigenvalue weighted by Crippen LogP contribution is 2.19. The number of hydrogen-bond acceptors (Lipinski definition) is 5. The molecular formula is C14H21N5O2S. The molecule has 8 heteroatoms. The summed E-state index contributed by atoms with van der Waals surface area (Å²) in [4.78, 5) is 23.3. The van der Waals surface area contributed by atoms with E-state index in [0.29, 0.717) is 11.7 Å². The summed E-state index contributed by atoms with van der Waals surface area (Å²) in [6.45, 7) is 0.557. The molecule has 0 atom stereocenters. The van der Waals surface area contributed by atoms with E-state index in [0.717, 1.165) is 19.3 Å². The molecule has 2 N–H and O–H groups in total. The Morgan fingerprint density at radius 1 is 1.41 bits per heavy atom. The Morgan fingerprint density at radius 2 is 2.27 bits per heavy atom. The number of aryl methyl sites for hydroxylation is 1. The fraction of sp³-hybridized carbons (Fsp3) is 0.571. The fourth-order valence-electron chi connectivity index (χ4n) is 2.21. The molecule has 1 aliphatic rings. The maximum Gasteiger partial charge on any atom is 0.321 e. The predicted octanol–water partition coefficient (Wildman–Crippen LogP) is 1.62. The van der Waals surface area contributed by atoms with Crippen molar-refractivity contribution in [3.63, 3.8) is 0 Å². The number of urea groups is 1. The Bertz CT molecular complexity index is 555. The van der Waals surface area contributed by atoms with Crippen LogP contribution < -0.4 is 10.6 Å². The van der Waals surface area contributed by atoms with Crippen LogP contribution in [0.15, 0.2) is 23.1 Å². The number of rotatable bonds is 6. The van der Waals surface area contributed by atoms with Crippen molar-refractivity contribution in [2.24, 2.45) is 7.05 Å². The van der Waals surface area contributed by atoms with Crippen LogP contribution in [0.25, 0.3) is 0 Å². The van der Waals surface area contributed by atoms with Crippen molar-refractivity contribution in [2.75, 3.05) is 12.3 Å². The second kappa shape index (κ2) is 8.57. The van der Waals surface area contributed by atoms with E-state index in [2.05, 4.69) is 26.9 Å². The number of nitrogens with zero attached hydrogens (tertiary/aromatic N) is 3. The van der Waals surface area contributed by atoms with Crippen molar-refractivity contribution in [2.45, 2.75) is 37.3 Å². The highest BCUT2D eigenvalue weighted by Gasteiger charge is 2.10. The van der Waals surface area contributed by atoms with Gasteiger partial charge in [0.1, 0.15) is 6.33 Å². The molecule has 0 saturated heterocycles. The zero-order chi connectivity index (χ0) is 15.8. The maximum absolute atomic E-state index is 11.7. The number of amides is 3. The molecule has 120 valence electrons. The largest absolute Gasteiger partial charge is 0.337 e. The summed E-state index contributed by atoms with van der Waals surface area (Å²) in [5.74, 6) is -0.215. The monoisotopic (exact) mass is 323 g/mol. The highest BCUT2D eigenvalue weighted by atomic mass is 32.2. The van der Waals surface area contributed by atoms with Crippen LogP contribution in [0.1, 0.15) is 32.1 Å². The van der Waals surface area contributed by atoms with E-state index in [1.54, 1.807) is 17.9 Å². The molecule has 7 nitrogen and oxygen atoms in total. The van der Waals surface area contributed by atoms with Gasteiger partial charge in [-0.25, -0.2) is 4.79 Å². The molecule has 0 aromatic carbocycles. The quantitative estimate of drug-likeness (QED) is 0.613. The highest BCUT2D eigenvalue weighted by molar-refractivity contribution is 7.99. The molecule has 1 heterocycles. The van der Waals surface area contributed by atoms with Gasteiger partial charge in [0.15, 0.2) is 5.16 Å². The lowest BCUT2D eigenvalue weighted by atomic mass is 9.97. The molecule has 0 aliphatic heterocycles. The van der Waals surface area contributed by atoms with E-state index in [-0.39, 0.29) is 11.7 Å². The van der Waals surface area contributed by atoms with Gasteiger partial charge in [0, 0.05) is 13.6 Å². The SMILES string of the molecule is Cn1cnnc1SCC(=O)NC(=O)NCCC1=CCCCC1. The van der Waals surface area contributed by atoms with Gasteiger partial charge in [-0.1, -0.05) is 23.4 Å². The van der Waals surface area contributed by atoms with Crippen molar-refractivity contribution in [3.8, 4) is 0 Å². The molecule has 0 radical (unpaired) electrons. The summed E-state index contributed by atoms with van der Waals surface area (Å²) in [5.41, 5.74) is 1.40. The fourth-order valence-corrected chi connectivity index (χ4v) is 2.90. The Balaban J connectivity index is 1.60. The van der Waals surface area contributed by atoms with Crippen molar-refractivity contribution in [3.05, 3.63) is 18.0 Å². The van der Waals surface area contributed by atoms with Crippen LogP contribution in [0.4, 0.5) is 4.79 Å². The summed E-state index contributed by atoms with van der Waals surface area (Å²) in [7, 11) is 1.80. The molecule has 1 aromatic rings. The average molecular weight is 323 g/mol. The van der Waals surface area contributed by atoms with Gasteiger partial charge in [-0.05, 0) is 32.1 Å². The Kier molecular flexibility index (Phi) is 6.45. The van der Waals surface area contributed by atoms with Crippen molar-refractivity contribution in [1.29, 1.82) is 0 Å². The third-order valence-electron chi connectivity index (χ3n) is 3.37. The first-order valence-electron chi connectivity index (χ1n) is 7.37. The van der Waals surface area contributed by atoms with Gasteiger partial charge in [0.2, 0.25) is 5.91 Å². The zero-order valence-corrected chi connectivity index (χ0v) is 13.5. The third-order valence-corrected chi connectivity index (χ3v) is 4.41. The average Bonchev–Trinajstić information content (AvgIpc) is 2.91. The number of carbonyl (C=O) groups excluding carboxylic acids is 2. The van der Waals surface area contributed by atoms with Gasteiger partial charge in [0.05, 0.1) is 5.75 Å². The lowest BCUT2D eigenvalue weighted by Crippen LogP contribution is -2.40. The molecule has 22 heavy (non-hydrogen) atoms. The number of hydrogen-bond donors (Lipinski definition) is 2. The molecule has 0 saturated carbocycles. The van der Waals surface area contributed by atoms with Gasteiger partial charge in [-0.15, -0.1) is 10.2 Å². The minimum Gasteiger partial charge on any atom is -0.337 e. The lowest BCUT2D eigenvalue weighted by Gasteiger charge is -2.13.